The van der Waals surface area contributed by atoms with Crippen molar-refractivity contribution in [2.75, 3.05) is 0 Å². The van der Waals surface area contributed by atoms with Gasteiger partial charge in [0.2, 0.25) is 0 Å². The molecule has 4 aromatic rings. The number of carbonyl (C=O) groups is 1. The summed E-state index contributed by atoms with van der Waals surface area (Å²) in [4.78, 5) is 12.8. The average molecular weight is 368 g/mol. The van der Waals surface area contributed by atoms with E-state index in [0.717, 1.165) is 16.6 Å². The highest BCUT2D eigenvalue weighted by atomic mass is 35.5. The van der Waals surface area contributed by atoms with Crippen LogP contribution in [-0.2, 0) is 6.54 Å². The number of pyridine rings is 1. The topological polar surface area (TPSA) is 64.2 Å². The lowest BCUT2D eigenvalue weighted by Crippen LogP contribution is -2.26. The van der Waals surface area contributed by atoms with E-state index in [-0.39, 0.29) is 11.9 Å². The number of hydrogen-bond donors (Lipinski definition) is 1. The van der Waals surface area contributed by atoms with Crippen molar-refractivity contribution in [1.82, 2.24) is 24.5 Å². The summed E-state index contributed by atoms with van der Waals surface area (Å²) >= 11 is 6.10. The Morgan fingerprint density at radius 2 is 2.04 bits per heavy atom. The van der Waals surface area contributed by atoms with E-state index < -0.39 is 0 Å². The van der Waals surface area contributed by atoms with E-state index in [2.05, 4.69) is 29.4 Å². The summed E-state index contributed by atoms with van der Waals surface area (Å²) in [7, 11) is 0. The second-order valence-corrected chi connectivity index (χ2v) is 6.86. The number of rotatable bonds is 4. The van der Waals surface area contributed by atoms with E-state index in [1.165, 1.54) is 0 Å². The van der Waals surface area contributed by atoms with E-state index in [4.69, 9.17) is 11.6 Å². The van der Waals surface area contributed by atoms with Crippen molar-refractivity contribution in [3.63, 3.8) is 0 Å². The molecule has 26 heavy (non-hydrogen) atoms. The smallest absolute Gasteiger partial charge is 0.268 e. The summed E-state index contributed by atoms with van der Waals surface area (Å²) in [6, 6.07) is 13.4. The van der Waals surface area contributed by atoms with Crippen LogP contribution in [0.15, 0.2) is 48.7 Å². The van der Waals surface area contributed by atoms with Crippen LogP contribution < -0.4 is 5.32 Å². The van der Waals surface area contributed by atoms with E-state index in [9.17, 15) is 4.79 Å². The number of halogens is 1. The number of nitrogens with one attached hydrogen (secondary N) is 1. The number of amides is 1. The molecule has 3 heterocycles. The molecule has 1 N–H and O–H groups in total. The van der Waals surface area contributed by atoms with Gasteiger partial charge in [0.05, 0.1) is 6.54 Å². The zero-order valence-electron chi connectivity index (χ0n) is 14.5. The molecule has 0 aliphatic carbocycles. The lowest BCUT2D eigenvalue weighted by Gasteiger charge is -2.14. The first-order chi connectivity index (χ1) is 12.5. The fourth-order valence-electron chi connectivity index (χ4n) is 3.20. The second-order valence-electron chi connectivity index (χ2n) is 6.42. The third-order valence-electron chi connectivity index (χ3n) is 4.34. The minimum atomic E-state index is -0.154. The first-order valence-corrected chi connectivity index (χ1v) is 8.79. The third-order valence-corrected chi connectivity index (χ3v) is 4.58. The molecule has 0 fully saturated rings. The van der Waals surface area contributed by atoms with Gasteiger partial charge in [-0.3, -0.25) is 9.20 Å². The van der Waals surface area contributed by atoms with Gasteiger partial charge in [0, 0.05) is 28.2 Å². The van der Waals surface area contributed by atoms with Crippen molar-refractivity contribution in [3.8, 4) is 0 Å². The van der Waals surface area contributed by atoms with Crippen molar-refractivity contribution < 1.29 is 4.79 Å². The number of benzene rings is 1. The molecular weight excluding hydrogens is 350 g/mol. The van der Waals surface area contributed by atoms with Crippen molar-refractivity contribution in [1.29, 1.82) is 0 Å². The molecule has 6 nitrogen and oxygen atoms in total. The predicted octanol–water partition coefficient (Wildman–Crippen LogP) is 3.85. The van der Waals surface area contributed by atoms with Crippen LogP contribution in [0.3, 0.4) is 0 Å². The van der Waals surface area contributed by atoms with Gasteiger partial charge in [0.1, 0.15) is 5.69 Å². The van der Waals surface area contributed by atoms with Gasteiger partial charge in [-0.25, -0.2) is 0 Å². The normalized spacial score (nSPS) is 11.5. The van der Waals surface area contributed by atoms with Crippen molar-refractivity contribution in [2.45, 2.75) is 26.4 Å². The summed E-state index contributed by atoms with van der Waals surface area (Å²) in [6.45, 7) is 4.40. The van der Waals surface area contributed by atoms with Gasteiger partial charge in [0.25, 0.3) is 5.91 Å². The molecule has 0 saturated carbocycles. The van der Waals surface area contributed by atoms with Crippen LogP contribution in [0.4, 0.5) is 0 Å². The number of aromatic nitrogens is 4. The molecule has 7 heteroatoms. The lowest BCUT2D eigenvalue weighted by atomic mass is 10.2. The third kappa shape index (κ3) is 2.82. The second kappa shape index (κ2) is 6.46. The standard InChI is InChI=1S/C19H18ClN5O/c1-12(2)25-15-7-6-14(20)9-13(15)10-16(25)19(26)21-11-18-23-22-17-5-3-4-8-24(17)18/h3-10,12H,11H2,1-2H3,(H,21,26). The minimum absolute atomic E-state index is 0.142. The van der Waals surface area contributed by atoms with Gasteiger partial charge in [0.15, 0.2) is 11.5 Å². The molecule has 0 saturated heterocycles. The summed E-state index contributed by atoms with van der Waals surface area (Å²) in [5, 5.41) is 12.8. The maximum atomic E-state index is 12.8. The average Bonchev–Trinajstić information content (AvgIpc) is 3.20. The molecule has 0 unspecified atom stereocenters. The summed E-state index contributed by atoms with van der Waals surface area (Å²) in [5.41, 5.74) is 2.34. The Morgan fingerprint density at radius 3 is 2.85 bits per heavy atom. The molecule has 0 atom stereocenters. The largest absolute Gasteiger partial charge is 0.343 e. The molecule has 0 bridgehead atoms. The van der Waals surface area contributed by atoms with Gasteiger partial charge >= 0.3 is 0 Å². The number of fused-ring (bicyclic) bond motifs is 2. The fourth-order valence-corrected chi connectivity index (χ4v) is 3.38. The van der Waals surface area contributed by atoms with Crippen LogP contribution in [0.2, 0.25) is 5.02 Å². The Morgan fingerprint density at radius 1 is 1.19 bits per heavy atom. The number of carbonyl (C=O) groups excluding carboxylic acids is 1. The van der Waals surface area contributed by atoms with Crippen molar-refractivity contribution in [3.05, 3.63) is 65.2 Å². The van der Waals surface area contributed by atoms with Gasteiger partial charge in [-0.1, -0.05) is 17.7 Å². The lowest BCUT2D eigenvalue weighted by molar-refractivity contribution is 0.0939. The molecule has 1 amide bonds. The Labute approximate surface area is 155 Å². The first-order valence-electron chi connectivity index (χ1n) is 8.42. The highest BCUT2D eigenvalue weighted by molar-refractivity contribution is 6.31. The van der Waals surface area contributed by atoms with E-state index in [0.29, 0.717) is 23.1 Å². The van der Waals surface area contributed by atoms with Crippen molar-refractivity contribution >= 4 is 34.1 Å². The van der Waals surface area contributed by atoms with Crippen LogP contribution in [0.5, 0.6) is 0 Å². The van der Waals surface area contributed by atoms with E-state index >= 15 is 0 Å². The van der Waals surface area contributed by atoms with Gasteiger partial charge in [-0.05, 0) is 50.2 Å². The predicted molar refractivity (Wildman–Crippen MR) is 101 cm³/mol. The van der Waals surface area contributed by atoms with Crippen LogP contribution in [-0.4, -0.2) is 25.1 Å². The SMILES string of the molecule is CC(C)n1c(C(=O)NCc2nnc3ccccn23)cc2cc(Cl)ccc21. The summed E-state index contributed by atoms with van der Waals surface area (Å²) in [6.07, 6.45) is 1.88. The van der Waals surface area contributed by atoms with Gasteiger partial charge in [-0.15, -0.1) is 10.2 Å². The molecule has 0 aliphatic heterocycles. The van der Waals surface area contributed by atoms with Gasteiger partial charge in [-0.2, -0.15) is 0 Å². The molecule has 0 radical (unpaired) electrons. The quantitative estimate of drug-likeness (QED) is 0.596. The zero-order valence-corrected chi connectivity index (χ0v) is 15.2. The van der Waals surface area contributed by atoms with Gasteiger partial charge < -0.3 is 9.88 Å². The Kier molecular flexibility index (Phi) is 4.12. The Balaban J connectivity index is 1.64. The fraction of sp³-hybridized carbons (Fsp3) is 0.211. The molecule has 1 aromatic carbocycles. The van der Waals surface area contributed by atoms with Crippen LogP contribution in [0, 0.1) is 0 Å². The first kappa shape index (κ1) is 16.6. The maximum absolute atomic E-state index is 12.8. The van der Waals surface area contributed by atoms with E-state index in [1.807, 2.05) is 57.6 Å². The molecule has 132 valence electrons. The summed E-state index contributed by atoms with van der Waals surface area (Å²) in [5.74, 6) is 0.530. The number of nitrogens with zero attached hydrogens (tertiary/aromatic N) is 4. The molecule has 0 aliphatic rings. The Hall–Kier alpha value is -2.86. The molecular formula is C19H18ClN5O. The Bertz CT molecular complexity index is 1110. The summed E-state index contributed by atoms with van der Waals surface area (Å²) < 4.78 is 3.88. The minimum Gasteiger partial charge on any atom is -0.343 e. The molecule has 3 aromatic heterocycles. The van der Waals surface area contributed by atoms with Crippen LogP contribution >= 0.6 is 11.6 Å². The number of hydrogen-bond acceptors (Lipinski definition) is 3. The monoisotopic (exact) mass is 367 g/mol. The maximum Gasteiger partial charge on any atom is 0.268 e. The van der Waals surface area contributed by atoms with Crippen LogP contribution in [0.25, 0.3) is 16.6 Å². The zero-order chi connectivity index (χ0) is 18.3. The molecule has 4 rings (SSSR count). The van der Waals surface area contributed by atoms with Crippen LogP contribution in [0.1, 0.15) is 36.2 Å². The highest BCUT2D eigenvalue weighted by Crippen LogP contribution is 2.26. The molecule has 0 spiro atoms. The van der Waals surface area contributed by atoms with Crippen molar-refractivity contribution in [2.24, 2.45) is 0 Å². The highest BCUT2D eigenvalue weighted by Gasteiger charge is 2.18. The van der Waals surface area contributed by atoms with E-state index in [1.54, 1.807) is 0 Å².